The van der Waals surface area contributed by atoms with Gasteiger partial charge in [-0.15, -0.1) is 0 Å². The lowest BCUT2D eigenvalue weighted by Gasteiger charge is -2.19. The van der Waals surface area contributed by atoms with Crippen molar-refractivity contribution in [1.82, 2.24) is 9.88 Å². The number of likely N-dealkylation sites (tertiary alicyclic amines) is 1. The summed E-state index contributed by atoms with van der Waals surface area (Å²) in [6, 6.07) is 5.99. The van der Waals surface area contributed by atoms with Gasteiger partial charge in [-0.1, -0.05) is 17.7 Å². The number of alkyl halides is 2. The molecule has 0 unspecified atom stereocenters. The molecule has 150 valence electrons. The highest BCUT2D eigenvalue weighted by Gasteiger charge is 2.47. The highest BCUT2D eigenvalue weighted by atomic mass is 35.5. The second-order valence-corrected chi connectivity index (χ2v) is 7.11. The molecule has 5 nitrogen and oxygen atoms in total. The molecule has 2 aromatic rings. The van der Waals surface area contributed by atoms with Gasteiger partial charge in [-0.3, -0.25) is 14.6 Å². The van der Waals surface area contributed by atoms with Crippen LogP contribution in [-0.2, 0) is 4.79 Å². The smallest absolute Gasteiger partial charge is 0.268 e. The average molecular weight is 422 g/mol. The molecule has 29 heavy (non-hydrogen) atoms. The van der Waals surface area contributed by atoms with Crippen molar-refractivity contribution in [3.05, 3.63) is 53.1 Å². The highest BCUT2D eigenvalue weighted by Crippen LogP contribution is 2.32. The number of carbonyl (C=O) groups is 2. The number of hydrogen-bond acceptors (Lipinski definition) is 4. The molecule has 0 saturated carbocycles. The summed E-state index contributed by atoms with van der Waals surface area (Å²) in [5.41, 5.74) is 0.972. The van der Waals surface area contributed by atoms with E-state index in [1.165, 1.54) is 36.7 Å². The fourth-order valence-corrected chi connectivity index (χ4v) is 3.34. The minimum absolute atomic E-state index is 0.0643. The Morgan fingerprint density at radius 3 is 2.76 bits per heavy atom. The second-order valence-electron chi connectivity index (χ2n) is 6.70. The van der Waals surface area contributed by atoms with E-state index in [2.05, 4.69) is 4.98 Å². The van der Waals surface area contributed by atoms with E-state index in [4.69, 9.17) is 16.9 Å². The van der Waals surface area contributed by atoms with Gasteiger partial charge in [0.2, 0.25) is 5.91 Å². The van der Waals surface area contributed by atoms with Gasteiger partial charge in [0, 0.05) is 42.8 Å². The van der Waals surface area contributed by atoms with Crippen molar-refractivity contribution < 1.29 is 22.8 Å². The van der Waals surface area contributed by atoms with Crippen LogP contribution >= 0.6 is 11.6 Å². The molecule has 0 bridgehead atoms. The Labute approximate surface area is 169 Å². The largest absolute Gasteiger partial charge is 0.320 e. The summed E-state index contributed by atoms with van der Waals surface area (Å²) < 4.78 is 40.8. The standard InChI is InChI=1S/C20H15ClF3N3O2/c21-16-2-1-12(7-17(16)22)15-10-26-6-5-14(15)18(28)3-4-19(29)27-11-20(23,24)8-13(27)9-25/h1-2,5-7,10,13H,3-4,8,11H2/t13-/m0/s1. The molecule has 0 radical (unpaired) electrons. The molecule has 0 N–H and O–H groups in total. The van der Waals surface area contributed by atoms with Crippen molar-refractivity contribution in [3.8, 4) is 17.2 Å². The van der Waals surface area contributed by atoms with Gasteiger partial charge in [0.1, 0.15) is 11.9 Å². The van der Waals surface area contributed by atoms with Gasteiger partial charge in [0.25, 0.3) is 5.92 Å². The summed E-state index contributed by atoms with van der Waals surface area (Å²) >= 11 is 5.69. The molecule has 3 rings (SSSR count). The Bertz CT molecular complexity index is 1010. The normalized spacial score (nSPS) is 17.8. The third kappa shape index (κ3) is 4.57. The number of amides is 1. The molecule has 2 heterocycles. The summed E-state index contributed by atoms with van der Waals surface area (Å²) in [7, 11) is 0. The number of nitriles is 1. The van der Waals surface area contributed by atoms with Crippen LogP contribution in [-0.4, -0.2) is 40.1 Å². The van der Waals surface area contributed by atoms with Crippen molar-refractivity contribution in [2.45, 2.75) is 31.2 Å². The first kappa shape index (κ1) is 20.8. The first-order valence-electron chi connectivity index (χ1n) is 8.71. The topological polar surface area (TPSA) is 74.1 Å². The van der Waals surface area contributed by atoms with Crippen LogP contribution in [0.15, 0.2) is 36.7 Å². The molecular weight excluding hydrogens is 407 g/mol. The summed E-state index contributed by atoms with van der Waals surface area (Å²) in [6.07, 6.45) is 1.51. The van der Waals surface area contributed by atoms with Crippen molar-refractivity contribution in [2.75, 3.05) is 6.54 Å². The van der Waals surface area contributed by atoms with Crippen LogP contribution in [0.25, 0.3) is 11.1 Å². The third-order valence-electron chi connectivity index (χ3n) is 4.66. The lowest BCUT2D eigenvalue weighted by molar-refractivity contribution is -0.132. The maximum atomic E-state index is 13.8. The number of aromatic nitrogens is 1. The van der Waals surface area contributed by atoms with E-state index in [1.807, 2.05) is 0 Å². The Balaban J connectivity index is 1.74. The third-order valence-corrected chi connectivity index (χ3v) is 4.96. The number of halogens is 4. The van der Waals surface area contributed by atoms with Crippen LogP contribution in [0.2, 0.25) is 5.02 Å². The Morgan fingerprint density at radius 1 is 1.31 bits per heavy atom. The zero-order chi connectivity index (χ0) is 21.2. The lowest BCUT2D eigenvalue weighted by Crippen LogP contribution is -2.36. The predicted octanol–water partition coefficient (Wildman–Crippen LogP) is 4.26. The fourth-order valence-electron chi connectivity index (χ4n) is 3.22. The summed E-state index contributed by atoms with van der Waals surface area (Å²) in [5.74, 6) is -4.88. The van der Waals surface area contributed by atoms with Crippen LogP contribution in [0, 0.1) is 17.1 Å². The number of ketones is 1. The Kier molecular flexibility index (Phi) is 5.89. The molecular formula is C20H15ClF3N3O2. The van der Waals surface area contributed by atoms with Crippen molar-refractivity contribution in [3.63, 3.8) is 0 Å². The molecule has 0 spiro atoms. The van der Waals surface area contributed by atoms with Gasteiger partial charge in [-0.25, -0.2) is 13.2 Å². The average Bonchev–Trinajstić information content (AvgIpc) is 3.02. The van der Waals surface area contributed by atoms with Crippen molar-refractivity contribution >= 4 is 23.3 Å². The monoisotopic (exact) mass is 421 g/mol. The number of Topliss-reactive ketones (excluding diaryl/α,β-unsaturated/α-hetero) is 1. The first-order chi connectivity index (χ1) is 13.7. The summed E-state index contributed by atoms with van der Waals surface area (Å²) in [4.78, 5) is 29.7. The number of hydrogen-bond donors (Lipinski definition) is 0. The first-order valence-corrected chi connectivity index (χ1v) is 9.09. The fraction of sp³-hybridized carbons (Fsp3) is 0.300. The zero-order valence-electron chi connectivity index (χ0n) is 15.0. The zero-order valence-corrected chi connectivity index (χ0v) is 15.8. The predicted molar refractivity (Wildman–Crippen MR) is 98.9 cm³/mol. The van der Waals surface area contributed by atoms with Gasteiger partial charge in [-0.2, -0.15) is 5.26 Å². The molecule has 1 atom stereocenters. The maximum absolute atomic E-state index is 13.8. The molecule has 1 aliphatic heterocycles. The Hall–Kier alpha value is -2.92. The summed E-state index contributed by atoms with van der Waals surface area (Å²) in [5, 5.41) is 8.92. The number of pyridine rings is 1. The second kappa shape index (κ2) is 8.21. The molecule has 1 saturated heterocycles. The van der Waals surface area contributed by atoms with E-state index in [0.29, 0.717) is 11.1 Å². The van der Waals surface area contributed by atoms with Crippen LogP contribution in [0.4, 0.5) is 13.2 Å². The highest BCUT2D eigenvalue weighted by molar-refractivity contribution is 6.30. The number of carbonyl (C=O) groups excluding carboxylic acids is 2. The quantitative estimate of drug-likeness (QED) is 0.676. The van der Waals surface area contributed by atoms with Gasteiger partial charge < -0.3 is 4.90 Å². The van der Waals surface area contributed by atoms with E-state index >= 15 is 0 Å². The lowest BCUT2D eigenvalue weighted by atomic mass is 9.97. The molecule has 1 fully saturated rings. The van der Waals surface area contributed by atoms with Gasteiger partial charge in [0.05, 0.1) is 17.6 Å². The van der Waals surface area contributed by atoms with Crippen molar-refractivity contribution in [2.24, 2.45) is 0 Å². The number of rotatable bonds is 5. The minimum Gasteiger partial charge on any atom is -0.320 e. The Morgan fingerprint density at radius 2 is 2.07 bits per heavy atom. The van der Waals surface area contributed by atoms with E-state index < -0.39 is 42.4 Å². The van der Waals surface area contributed by atoms with E-state index in [1.54, 1.807) is 6.07 Å². The van der Waals surface area contributed by atoms with Crippen LogP contribution in [0.3, 0.4) is 0 Å². The van der Waals surface area contributed by atoms with Crippen LogP contribution in [0.5, 0.6) is 0 Å². The van der Waals surface area contributed by atoms with Crippen molar-refractivity contribution in [1.29, 1.82) is 5.26 Å². The molecule has 1 aromatic heterocycles. The SMILES string of the molecule is N#C[C@@H]1CC(F)(F)CN1C(=O)CCC(=O)c1ccncc1-c1ccc(Cl)c(F)c1. The van der Waals surface area contributed by atoms with Gasteiger partial charge >= 0.3 is 0 Å². The van der Waals surface area contributed by atoms with Crippen LogP contribution < -0.4 is 0 Å². The minimum atomic E-state index is -3.11. The van der Waals surface area contributed by atoms with E-state index in [-0.39, 0.29) is 23.4 Å². The van der Waals surface area contributed by atoms with E-state index in [9.17, 15) is 22.8 Å². The molecule has 9 heteroatoms. The number of nitrogens with zero attached hydrogens (tertiary/aromatic N) is 3. The van der Waals surface area contributed by atoms with Gasteiger partial charge in [-0.05, 0) is 23.8 Å². The summed E-state index contributed by atoms with van der Waals surface area (Å²) in [6.45, 7) is -0.831. The molecule has 0 aliphatic carbocycles. The maximum Gasteiger partial charge on any atom is 0.268 e. The van der Waals surface area contributed by atoms with E-state index in [0.717, 1.165) is 4.90 Å². The van der Waals surface area contributed by atoms with Gasteiger partial charge in [0.15, 0.2) is 5.78 Å². The molecule has 1 amide bonds. The molecule has 1 aliphatic rings. The van der Waals surface area contributed by atoms with Crippen LogP contribution in [0.1, 0.15) is 29.6 Å². The molecule has 1 aromatic carbocycles. The number of benzene rings is 1.